The lowest BCUT2D eigenvalue weighted by Crippen LogP contribution is -2.43. The van der Waals surface area contributed by atoms with Gasteiger partial charge in [0, 0.05) is 32.8 Å². The van der Waals surface area contributed by atoms with E-state index in [0.29, 0.717) is 13.1 Å². The number of nitrogens with zero attached hydrogens (tertiary/aromatic N) is 4. The molecule has 0 aromatic carbocycles. The van der Waals surface area contributed by atoms with Gasteiger partial charge in [0.05, 0.1) is 18.8 Å². The monoisotopic (exact) mass is 433 g/mol. The molecule has 2 N–H and O–H groups in total. The van der Waals surface area contributed by atoms with E-state index in [1.54, 1.807) is 4.90 Å². The number of hydrogen-bond donors (Lipinski definition) is 2. The lowest BCUT2D eigenvalue weighted by molar-refractivity contribution is -0.192. The molecule has 3 heterocycles. The van der Waals surface area contributed by atoms with E-state index in [1.165, 1.54) is 26.2 Å². The van der Waals surface area contributed by atoms with Crippen molar-refractivity contribution in [1.29, 1.82) is 0 Å². The number of fused-ring (bicyclic) bond motifs is 1. The summed E-state index contributed by atoms with van der Waals surface area (Å²) in [6.45, 7) is 6.67. The lowest BCUT2D eigenvalue weighted by atomic mass is 10.1. The van der Waals surface area contributed by atoms with Crippen molar-refractivity contribution >= 4 is 17.8 Å². The highest BCUT2D eigenvalue weighted by Gasteiger charge is 2.38. The Bertz CT molecular complexity index is 759. The Hall–Kier alpha value is -2.63. The molecule has 12 heteroatoms. The Morgan fingerprint density at radius 1 is 1.13 bits per heavy atom. The molecular formula is C18H26F3N5O4. The van der Waals surface area contributed by atoms with Gasteiger partial charge in [0.1, 0.15) is 5.82 Å². The van der Waals surface area contributed by atoms with E-state index < -0.39 is 12.1 Å². The van der Waals surface area contributed by atoms with E-state index in [9.17, 15) is 22.8 Å². The van der Waals surface area contributed by atoms with E-state index in [1.807, 2.05) is 0 Å². The van der Waals surface area contributed by atoms with E-state index >= 15 is 0 Å². The highest BCUT2D eigenvalue weighted by atomic mass is 19.4. The maximum Gasteiger partial charge on any atom is 0.490 e. The molecule has 1 aromatic heterocycles. The van der Waals surface area contributed by atoms with E-state index in [-0.39, 0.29) is 18.4 Å². The number of carboxylic acid groups (broad SMARTS) is 1. The van der Waals surface area contributed by atoms with Crippen LogP contribution in [0.25, 0.3) is 0 Å². The molecule has 0 aliphatic carbocycles. The van der Waals surface area contributed by atoms with Gasteiger partial charge in [-0.2, -0.15) is 13.2 Å². The van der Waals surface area contributed by atoms with Gasteiger partial charge in [-0.3, -0.25) is 14.5 Å². The second kappa shape index (κ2) is 10.4. The third kappa shape index (κ3) is 7.32. The zero-order chi connectivity index (χ0) is 22.3. The maximum atomic E-state index is 12.1. The zero-order valence-electron chi connectivity index (χ0n) is 16.7. The molecule has 30 heavy (non-hydrogen) atoms. The largest absolute Gasteiger partial charge is 0.490 e. The van der Waals surface area contributed by atoms with E-state index in [0.717, 1.165) is 37.7 Å². The summed E-state index contributed by atoms with van der Waals surface area (Å²) in [4.78, 5) is 40.9. The number of halogens is 3. The number of imidazole rings is 1. The molecule has 2 aliphatic rings. The summed E-state index contributed by atoms with van der Waals surface area (Å²) in [6.07, 6.45) is 0.930. The molecule has 1 fully saturated rings. The van der Waals surface area contributed by atoms with Crippen LogP contribution in [-0.4, -0.2) is 74.6 Å². The number of hydrogen-bond acceptors (Lipinski definition) is 5. The number of piperidine rings is 1. The Morgan fingerprint density at radius 3 is 2.33 bits per heavy atom. The summed E-state index contributed by atoms with van der Waals surface area (Å²) in [5, 5.41) is 9.69. The van der Waals surface area contributed by atoms with Crippen LogP contribution in [0.4, 0.5) is 13.2 Å². The topological polar surface area (TPSA) is 108 Å². The molecule has 1 saturated heterocycles. The predicted molar refractivity (Wildman–Crippen MR) is 99.1 cm³/mol. The van der Waals surface area contributed by atoms with Crippen molar-refractivity contribution in [1.82, 2.24) is 24.7 Å². The summed E-state index contributed by atoms with van der Waals surface area (Å²) >= 11 is 0. The first kappa shape index (κ1) is 23.6. The van der Waals surface area contributed by atoms with Gasteiger partial charge in [0.25, 0.3) is 0 Å². The molecule has 3 rings (SSSR count). The molecule has 2 amide bonds. The first-order valence-electron chi connectivity index (χ1n) is 9.66. The standard InChI is InChI=1S/C16H25N5O2.C2HF3O2/c1-13(22)17-9-16(23)21-8-7-20-11-14(18-15(20)12-21)10-19-5-3-2-4-6-19;3-2(4,5)1(6)7/h11H,2-10,12H2,1H3,(H,17,22);(H,6,7). The number of nitrogens with one attached hydrogen (secondary N) is 1. The molecule has 1 aromatic rings. The lowest BCUT2D eigenvalue weighted by Gasteiger charge is -2.27. The quantitative estimate of drug-likeness (QED) is 0.733. The normalized spacial score (nSPS) is 16.9. The smallest absolute Gasteiger partial charge is 0.475 e. The van der Waals surface area contributed by atoms with Crippen molar-refractivity contribution in [2.75, 3.05) is 26.2 Å². The summed E-state index contributed by atoms with van der Waals surface area (Å²) < 4.78 is 33.9. The van der Waals surface area contributed by atoms with Crippen LogP contribution in [0.15, 0.2) is 6.20 Å². The van der Waals surface area contributed by atoms with E-state index in [2.05, 4.69) is 21.0 Å². The van der Waals surface area contributed by atoms with Crippen molar-refractivity contribution in [2.45, 2.75) is 52.0 Å². The minimum atomic E-state index is -5.08. The van der Waals surface area contributed by atoms with Gasteiger partial charge in [-0.25, -0.2) is 9.78 Å². The highest BCUT2D eigenvalue weighted by molar-refractivity contribution is 5.83. The minimum absolute atomic E-state index is 0.0490. The zero-order valence-corrected chi connectivity index (χ0v) is 16.7. The third-order valence-electron chi connectivity index (χ3n) is 4.77. The van der Waals surface area contributed by atoms with Crippen LogP contribution in [0.2, 0.25) is 0 Å². The summed E-state index contributed by atoms with van der Waals surface area (Å²) in [5.74, 6) is -2.04. The van der Waals surface area contributed by atoms with Crippen molar-refractivity contribution in [2.24, 2.45) is 0 Å². The molecule has 0 saturated carbocycles. The number of amides is 2. The van der Waals surface area contributed by atoms with Crippen LogP contribution in [0, 0.1) is 0 Å². The third-order valence-corrected chi connectivity index (χ3v) is 4.77. The van der Waals surface area contributed by atoms with Gasteiger partial charge in [-0.1, -0.05) is 6.42 Å². The fraction of sp³-hybridized carbons (Fsp3) is 0.667. The van der Waals surface area contributed by atoms with Crippen LogP contribution >= 0.6 is 0 Å². The van der Waals surface area contributed by atoms with Gasteiger partial charge >= 0.3 is 12.1 Å². The first-order chi connectivity index (χ1) is 14.1. The summed E-state index contributed by atoms with van der Waals surface area (Å²) in [6, 6.07) is 0. The van der Waals surface area contributed by atoms with Gasteiger partial charge in [0.2, 0.25) is 11.8 Å². The Balaban J connectivity index is 0.000000396. The van der Waals surface area contributed by atoms with Crippen LogP contribution in [0.3, 0.4) is 0 Å². The molecule has 0 bridgehead atoms. The summed E-state index contributed by atoms with van der Waals surface area (Å²) in [7, 11) is 0. The fourth-order valence-corrected chi connectivity index (χ4v) is 3.26. The van der Waals surface area contributed by atoms with Gasteiger partial charge in [-0.15, -0.1) is 0 Å². The second-order valence-corrected chi connectivity index (χ2v) is 7.21. The highest BCUT2D eigenvalue weighted by Crippen LogP contribution is 2.16. The first-order valence-corrected chi connectivity index (χ1v) is 9.66. The summed E-state index contributed by atoms with van der Waals surface area (Å²) in [5.41, 5.74) is 1.10. The maximum absolute atomic E-state index is 12.1. The number of rotatable bonds is 4. The molecule has 0 unspecified atom stereocenters. The minimum Gasteiger partial charge on any atom is -0.475 e. The molecule has 0 radical (unpaired) electrons. The molecular weight excluding hydrogens is 407 g/mol. The van der Waals surface area contributed by atoms with E-state index in [4.69, 9.17) is 14.9 Å². The van der Waals surface area contributed by atoms with Crippen molar-refractivity contribution in [3.05, 3.63) is 17.7 Å². The van der Waals surface area contributed by atoms with Crippen molar-refractivity contribution in [3.8, 4) is 0 Å². The number of carboxylic acids is 1. The van der Waals surface area contributed by atoms with Gasteiger partial charge in [-0.05, 0) is 25.9 Å². The Morgan fingerprint density at radius 2 is 1.77 bits per heavy atom. The molecule has 0 atom stereocenters. The fourth-order valence-electron chi connectivity index (χ4n) is 3.26. The molecule has 168 valence electrons. The van der Waals surface area contributed by atoms with Crippen LogP contribution in [0.1, 0.15) is 37.7 Å². The average molecular weight is 433 g/mol. The van der Waals surface area contributed by atoms with Crippen LogP contribution in [-0.2, 0) is 34.0 Å². The van der Waals surface area contributed by atoms with Gasteiger partial charge < -0.3 is 19.9 Å². The predicted octanol–water partition coefficient (Wildman–Crippen LogP) is 0.981. The number of alkyl halides is 3. The number of carbonyl (C=O) groups excluding carboxylic acids is 2. The molecule has 2 aliphatic heterocycles. The SMILES string of the molecule is CC(=O)NCC(=O)N1CCn2cc(CN3CCCCC3)nc2C1.O=C(O)C(F)(F)F. The van der Waals surface area contributed by atoms with Crippen LogP contribution in [0.5, 0.6) is 0 Å². The second-order valence-electron chi connectivity index (χ2n) is 7.21. The number of carbonyl (C=O) groups is 3. The molecule has 0 spiro atoms. The van der Waals surface area contributed by atoms with Gasteiger partial charge in [0.15, 0.2) is 0 Å². The number of aromatic nitrogens is 2. The molecule has 9 nitrogen and oxygen atoms in total. The average Bonchev–Trinajstić information content (AvgIpc) is 3.08. The number of likely N-dealkylation sites (tertiary alicyclic amines) is 1. The van der Waals surface area contributed by atoms with Crippen LogP contribution < -0.4 is 5.32 Å². The number of aliphatic carboxylic acids is 1. The Kier molecular flexibility index (Phi) is 8.21. The Labute approximate surface area is 171 Å². The van der Waals surface area contributed by atoms with Crippen molar-refractivity contribution in [3.63, 3.8) is 0 Å². The van der Waals surface area contributed by atoms with Crippen molar-refractivity contribution < 1.29 is 32.7 Å².